The molecule has 0 spiro atoms. The molecule has 0 aliphatic carbocycles. The predicted molar refractivity (Wildman–Crippen MR) is 91.0 cm³/mol. The number of hydrogen-bond acceptors (Lipinski definition) is 7. The summed E-state index contributed by atoms with van der Waals surface area (Å²) in [6, 6.07) is 1.54. The summed E-state index contributed by atoms with van der Waals surface area (Å²) in [5, 5.41) is 0. The molecule has 3 heterocycles. The number of hydrogen-bond donors (Lipinski definition) is 2. The number of piperazine rings is 1. The highest BCUT2D eigenvalue weighted by molar-refractivity contribution is 7.82. The quantitative estimate of drug-likeness (QED) is 0.708. The van der Waals surface area contributed by atoms with Crippen LogP contribution in [0.15, 0.2) is 16.8 Å². The van der Waals surface area contributed by atoms with Gasteiger partial charge in [-0.05, 0) is 0 Å². The summed E-state index contributed by atoms with van der Waals surface area (Å²) < 4.78 is 19.5. The number of anilines is 1. The highest BCUT2D eigenvalue weighted by atomic mass is 32.2. The lowest BCUT2D eigenvalue weighted by atomic mass is 10.3. The Hall–Kier alpha value is -2.04. The molecule has 3 N–H and O–H groups in total. The summed E-state index contributed by atoms with van der Waals surface area (Å²) in [4.78, 5) is 24.1. The van der Waals surface area contributed by atoms with Gasteiger partial charge < -0.3 is 15.1 Å². The summed E-state index contributed by atoms with van der Waals surface area (Å²) in [5.41, 5.74) is 6.33. The van der Waals surface area contributed by atoms with Crippen LogP contribution in [0, 0.1) is 0 Å². The number of nitrogens with two attached hydrogens (primary N) is 1. The molecule has 0 radical (unpaired) electrons. The minimum atomic E-state index is -0.978. The Labute approximate surface area is 141 Å². The summed E-state index contributed by atoms with van der Waals surface area (Å²) in [7, 11) is -0.978. The second kappa shape index (κ2) is 7.24. The number of nitrogens with one attached hydrogen (secondary N) is 1. The van der Waals surface area contributed by atoms with Gasteiger partial charge in [-0.15, -0.1) is 0 Å². The SMILES string of the molecule is CS(=O)NCCN1CCN(c2ncnc3cc(C(N)=O)oc23)CC1. The van der Waals surface area contributed by atoms with Crippen LogP contribution in [0.1, 0.15) is 10.6 Å². The first-order valence-electron chi connectivity index (χ1n) is 7.63. The molecule has 1 aliphatic rings. The van der Waals surface area contributed by atoms with Gasteiger partial charge in [0.05, 0.1) is 11.0 Å². The third kappa shape index (κ3) is 3.71. The van der Waals surface area contributed by atoms with Crippen molar-refractivity contribution in [3.63, 3.8) is 0 Å². The van der Waals surface area contributed by atoms with Crippen molar-refractivity contribution >= 4 is 33.8 Å². The molecule has 1 saturated heterocycles. The minimum Gasteiger partial charge on any atom is -0.445 e. The smallest absolute Gasteiger partial charge is 0.284 e. The molecule has 0 saturated carbocycles. The maximum Gasteiger partial charge on any atom is 0.284 e. The van der Waals surface area contributed by atoms with Crippen molar-refractivity contribution in [3.05, 3.63) is 18.2 Å². The Morgan fingerprint density at radius 1 is 1.38 bits per heavy atom. The average molecular weight is 352 g/mol. The molecule has 1 aliphatic heterocycles. The number of primary amides is 1. The molecular formula is C14H20N6O3S. The van der Waals surface area contributed by atoms with Crippen molar-refractivity contribution in [2.45, 2.75) is 0 Å². The van der Waals surface area contributed by atoms with Crippen molar-refractivity contribution in [3.8, 4) is 0 Å². The normalized spacial score (nSPS) is 17.3. The number of aromatic nitrogens is 2. The van der Waals surface area contributed by atoms with Gasteiger partial charge in [0.25, 0.3) is 5.91 Å². The molecule has 1 amide bonds. The monoisotopic (exact) mass is 352 g/mol. The predicted octanol–water partition coefficient (Wildman–Crippen LogP) is -0.673. The fourth-order valence-electron chi connectivity index (χ4n) is 2.72. The summed E-state index contributed by atoms with van der Waals surface area (Å²) in [6.07, 6.45) is 3.09. The number of fused-ring (bicyclic) bond motifs is 1. The van der Waals surface area contributed by atoms with Gasteiger partial charge in [-0.3, -0.25) is 9.69 Å². The average Bonchev–Trinajstić information content (AvgIpc) is 3.00. The van der Waals surface area contributed by atoms with E-state index >= 15 is 0 Å². The Bertz CT molecular complexity index is 756. The van der Waals surface area contributed by atoms with Gasteiger partial charge in [-0.25, -0.2) is 18.9 Å². The van der Waals surface area contributed by atoms with Crippen molar-refractivity contribution in [2.24, 2.45) is 5.73 Å². The molecule has 1 atom stereocenters. The number of rotatable bonds is 6. The van der Waals surface area contributed by atoms with Crippen LogP contribution in [0.25, 0.3) is 11.1 Å². The van der Waals surface area contributed by atoms with E-state index in [0.29, 0.717) is 23.5 Å². The first kappa shape index (κ1) is 16.8. The Morgan fingerprint density at radius 2 is 2.12 bits per heavy atom. The Balaban J connectivity index is 1.67. The van der Waals surface area contributed by atoms with E-state index < -0.39 is 16.9 Å². The summed E-state index contributed by atoms with van der Waals surface area (Å²) in [5.74, 6) is 0.147. The minimum absolute atomic E-state index is 0.0871. The van der Waals surface area contributed by atoms with Crippen molar-refractivity contribution in [1.82, 2.24) is 19.6 Å². The van der Waals surface area contributed by atoms with E-state index in [1.807, 2.05) is 0 Å². The van der Waals surface area contributed by atoms with Crippen molar-refractivity contribution in [2.75, 3.05) is 50.4 Å². The standard InChI is InChI=1S/C14H20N6O3S/c1-24(22)18-2-3-19-4-6-20(7-5-19)14-12-10(16-9-17-14)8-11(23-12)13(15)21/h8-9,18H,2-7H2,1H3,(H2,15,21). The van der Waals surface area contributed by atoms with Gasteiger partial charge in [-0.2, -0.15) is 0 Å². The highest BCUT2D eigenvalue weighted by Gasteiger charge is 2.22. The van der Waals surface area contributed by atoms with E-state index in [4.69, 9.17) is 10.2 Å². The van der Waals surface area contributed by atoms with Crippen LogP contribution >= 0.6 is 0 Å². The van der Waals surface area contributed by atoms with Gasteiger partial charge in [0.2, 0.25) is 0 Å². The lowest BCUT2D eigenvalue weighted by Crippen LogP contribution is -2.48. The third-order valence-electron chi connectivity index (χ3n) is 3.94. The van der Waals surface area contributed by atoms with Gasteiger partial charge in [-0.1, -0.05) is 0 Å². The molecule has 130 valence electrons. The second-order valence-electron chi connectivity index (χ2n) is 5.56. The molecule has 0 bridgehead atoms. The topological polar surface area (TPSA) is 118 Å². The van der Waals surface area contributed by atoms with Crippen molar-refractivity contribution in [1.29, 1.82) is 0 Å². The van der Waals surface area contributed by atoms with Crippen LogP contribution in [-0.4, -0.2) is 70.5 Å². The Morgan fingerprint density at radius 3 is 2.79 bits per heavy atom. The van der Waals surface area contributed by atoms with Crippen LogP contribution in [-0.2, 0) is 11.0 Å². The maximum absolute atomic E-state index is 11.3. The summed E-state index contributed by atoms with van der Waals surface area (Å²) in [6.45, 7) is 4.85. The van der Waals surface area contributed by atoms with Crippen LogP contribution in [0.5, 0.6) is 0 Å². The number of carbonyl (C=O) groups excluding carboxylic acids is 1. The third-order valence-corrected chi connectivity index (χ3v) is 4.55. The molecular weight excluding hydrogens is 332 g/mol. The van der Waals surface area contributed by atoms with Crippen LogP contribution in [0.3, 0.4) is 0 Å². The zero-order valence-corrected chi connectivity index (χ0v) is 14.2. The highest BCUT2D eigenvalue weighted by Crippen LogP contribution is 2.26. The first-order valence-corrected chi connectivity index (χ1v) is 9.19. The van der Waals surface area contributed by atoms with Crippen LogP contribution < -0.4 is 15.4 Å². The second-order valence-corrected chi connectivity index (χ2v) is 6.76. The molecule has 1 fully saturated rings. The fraction of sp³-hybridized carbons (Fsp3) is 0.500. The van der Waals surface area contributed by atoms with E-state index in [2.05, 4.69) is 24.5 Å². The number of nitrogens with zero attached hydrogens (tertiary/aromatic N) is 4. The van der Waals surface area contributed by atoms with Gasteiger partial charge >= 0.3 is 0 Å². The van der Waals surface area contributed by atoms with Gasteiger partial charge in [0.15, 0.2) is 17.2 Å². The zero-order chi connectivity index (χ0) is 17.1. The number of furan rings is 1. The van der Waals surface area contributed by atoms with E-state index in [1.165, 1.54) is 12.4 Å². The van der Waals surface area contributed by atoms with E-state index in [1.54, 1.807) is 6.26 Å². The van der Waals surface area contributed by atoms with E-state index in [0.717, 1.165) is 32.7 Å². The molecule has 9 nitrogen and oxygen atoms in total. The molecule has 3 rings (SSSR count). The lowest BCUT2D eigenvalue weighted by Gasteiger charge is -2.35. The van der Waals surface area contributed by atoms with E-state index in [9.17, 15) is 9.00 Å². The van der Waals surface area contributed by atoms with Gasteiger partial charge in [0, 0.05) is 51.6 Å². The van der Waals surface area contributed by atoms with Crippen LogP contribution in [0.2, 0.25) is 0 Å². The van der Waals surface area contributed by atoms with Crippen molar-refractivity contribution < 1.29 is 13.4 Å². The first-order chi connectivity index (χ1) is 11.5. The molecule has 1 unspecified atom stereocenters. The lowest BCUT2D eigenvalue weighted by molar-refractivity contribution is 0.0976. The molecule has 2 aromatic heterocycles. The zero-order valence-electron chi connectivity index (χ0n) is 13.4. The number of amides is 1. The van der Waals surface area contributed by atoms with Crippen LogP contribution in [0.4, 0.5) is 5.82 Å². The summed E-state index contributed by atoms with van der Waals surface area (Å²) >= 11 is 0. The molecule has 24 heavy (non-hydrogen) atoms. The van der Waals surface area contributed by atoms with E-state index in [-0.39, 0.29) is 5.76 Å². The fourth-order valence-corrected chi connectivity index (χ4v) is 3.10. The molecule has 10 heteroatoms. The largest absolute Gasteiger partial charge is 0.445 e. The van der Waals surface area contributed by atoms with Gasteiger partial charge in [0.1, 0.15) is 11.8 Å². The Kier molecular flexibility index (Phi) is 5.07. The molecule has 0 aromatic carbocycles. The molecule has 2 aromatic rings. The maximum atomic E-state index is 11.3. The number of carbonyl (C=O) groups is 1.